The Labute approximate surface area is 150 Å². The molecule has 0 radical (unpaired) electrons. The lowest BCUT2D eigenvalue weighted by molar-refractivity contribution is -0.154. The topological polar surface area (TPSA) is 150 Å². The molecule has 0 spiro atoms. The number of carbonyl (C=O) groups is 3. The molecule has 0 aliphatic carbocycles. The Hall–Kier alpha value is -1.63. The summed E-state index contributed by atoms with van der Waals surface area (Å²) in [7, 11) is 0. The average Bonchev–Trinajstić information content (AvgIpc) is 2.51. The number of hydrogen-bond acceptors (Lipinski definition) is 4. The van der Waals surface area contributed by atoms with Crippen LogP contribution in [0.5, 0.6) is 0 Å². The predicted molar refractivity (Wildman–Crippen MR) is 97.1 cm³/mol. The number of rotatable bonds is 16. The molecule has 7 nitrogen and oxygen atoms in total. The van der Waals surface area contributed by atoms with Crippen LogP contribution >= 0.6 is 0 Å². The van der Waals surface area contributed by atoms with E-state index in [4.69, 9.17) is 17.2 Å². The smallest absolute Gasteiger partial charge is 0.250 e. The summed E-state index contributed by atoms with van der Waals surface area (Å²) in [5.41, 5.74) is 13.2. The number of hydrogen-bond donors (Lipinski definition) is 4. The van der Waals surface area contributed by atoms with E-state index in [0.29, 0.717) is 6.42 Å². The number of unbranched alkanes of at least 4 members (excludes halogenated alkanes) is 9. The van der Waals surface area contributed by atoms with Gasteiger partial charge in [-0.15, -0.1) is 0 Å². The average molecular weight is 357 g/mol. The van der Waals surface area contributed by atoms with Crippen molar-refractivity contribution >= 4 is 17.7 Å². The molecule has 0 aliphatic rings. The largest absolute Gasteiger partial charge is 0.379 e. The van der Waals surface area contributed by atoms with E-state index in [1.807, 2.05) is 0 Å². The molecule has 7 heteroatoms. The number of primary amides is 3. The molecule has 0 aromatic rings. The highest BCUT2D eigenvalue weighted by atomic mass is 16.3. The van der Waals surface area contributed by atoms with Gasteiger partial charge in [0, 0.05) is 0 Å². The van der Waals surface area contributed by atoms with Gasteiger partial charge in [-0.2, -0.15) is 0 Å². The quantitative estimate of drug-likeness (QED) is 0.309. The fourth-order valence-corrected chi connectivity index (χ4v) is 3.10. The molecule has 0 aliphatic heterocycles. The fraction of sp³-hybridized carbons (Fsp3) is 0.833. The zero-order valence-corrected chi connectivity index (χ0v) is 15.5. The summed E-state index contributed by atoms with van der Waals surface area (Å²) in [6, 6.07) is 0. The maximum absolute atomic E-state index is 11.6. The van der Waals surface area contributed by atoms with Gasteiger partial charge in [-0.25, -0.2) is 0 Å². The van der Waals surface area contributed by atoms with Gasteiger partial charge in [0.2, 0.25) is 11.8 Å². The highest BCUT2D eigenvalue weighted by Crippen LogP contribution is 2.27. The molecule has 0 aromatic heterocycles. The molecule has 0 aromatic carbocycles. The first-order valence-corrected chi connectivity index (χ1v) is 9.35. The summed E-state index contributed by atoms with van der Waals surface area (Å²) < 4.78 is 0. The van der Waals surface area contributed by atoms with Gasteiger partial charge in [-0.1, -0.05) is 71.1 Å². The van der Waals surface area contributed by atoms with Crippen LogP contribution in [0, 0.1) is 5.92 Å². The van der Waals surface area contributed by atoms with E-state index in [-0.39, 0.29) is 6.42 Å². The zero-order valence-electron chi connectivity index (χ0n) is 15.5. The number of carbonyl (C=O) groups excluding carboxylic acids is 3. The van der Waals surface area contributed by atoms with E-state index < -0.39 is 35.7 Å². The Balaban J connectivity index is 4.22. The van der Waals surface area contributed by atoms with E-state index in [2.05, 4.69) is 6.92 Å². The highest BCUT2D eigenvalue weighted by Gasteiger charge is 2.46. The second kappa shape index (κ2) is 12.7. The van der Waals surface area contributed by atoms with Crippen molar-refractivity contribution in [3.05, 3.63) is 0 Å². The molecule has 2 atom stereocenters. The van der Waals surface area contributed by atoms with E-state index in [1.54, 1.807) is 0 Å². The molecule has 2 unspecified atom stereocenters. The van der Waals surface area contributed by atoms with Gasteiger partial charge in [-0.3, -0.25) is 14.4 Å². The van der Waals surface area contributed by atoms with Crippen LogP contribution in [-0.2, 0) is 14.4 Å². The van der Waals surface area contributed by atoms with Crippen molar-refractivity contribution < 1.29 is 19.5 Å². The first-order valence-electron chi connectivity index (χ1n) is 9.35. The summed E-state index contributed by atoms with van der Waals surface area (Å²) in [4.78, 5) is 34.3. The minimum atomic E-state index is -2.31. The van der Waals surface area contributed by atoms with Crippen molar-refractivity contribution in [3.8, 4) is 0 Å². The summed E-state index contributed by atoms with van der Waals surface area (Å²) in [5.74, 6) is -4.11. The van der Waals surface area contributed by atoms with Crippen molar-refractivity contribution in [2.24, 2.45) is 23.1 Å². The van der Waals surface area contributed by atoms with Gasteiger partial charge < -0.3 is 22.3 Å². The van der Waals surface area contributed by atoms with Gasteiger partial charge in [0.15, 0.2) is 5.60 Å². The SMILES string of the molecule is CCCCCCCCCCCCC(C(N)=O)C(O)(CC(N)=O)C(N)=O. The number of aliphatic hydroxyl groups is 1. The minimum Gasteiger partial charge on any atom is -0.379 e. The number of amides is 3. The normalized spacial score (nSPS) is 14.6. The summed E-state index contributed by atoms with van der Waals surface area (Å²) in [6.45, 7) is 2.20. The van der Waals surface area contributed by atoms with Crippen LogP contribution in [0.3, 0.4) is 0 Å². The Morgan fingerprint density at radius 2 is 1.28 bits per heavy atom. The fourth-order valence-electron chi connectivity index (χ4n) is 3.10. The van der Waals surface area contributed by atoms with E-state index in [1.165, 1.54) is 38.5 Å². The molecule has 0 fully saturated rings. The summed E-state index contributed by atoms with van der Waals surface area (Å²) in [5, 5.41) is 10.4. The Kier molecular flexibility index (Phi) is 11.9. The molecule has 0 rings (SSSR count). The maximum Gasteiger partial charge on any atom is 0.250 e. The van der Waals surface area contributed by atoms with Crippen molar-refractivity contribution in [3.63, 3.8) is 0 Å². The van der Waals surface area contributed by atoms with Crippen molar-refractivity contribution in [2.75, 3.05) is 0 Å². The van der Waals surface area contributed by atoms with Crippen LogP contribution in [0.15, 0.2) is 0 Å². The van der Waals surface area contributed by atoms with E-state index in [9.17, 15) is 19.5 Å². The van der Waals surface area contributed by atoms with Crippen molar-refractivity contribution in [1.29, 1.82) is 0 Å². The third-order valence-corrected chi connectivity index (χ3v) is 4.64. The van der Waals surface area contributed by atoms with Crippen LogP contribution in [0.2, 0.25) is 0 Å². The third kappa shape index (κ3) is 9.43. The van der Waals surface area contributed by atoms with Crippen molar-refractivity contribution in [1.82, 2.24) is 0 Å². The Bertz CT molecular complexity index is 429. The standard InChI is InChI=1S/C18H35N3O4/c1-2-3-4-5-6-7-8-9-10-11-12-14(16(20)23)18(25,17(21)24)13-15(19)22/h14,25H,2-13H2,1H3,(H2,19,22)(H2,20,23)(H2,21,24). The predicted octanol–water partition coefficient (Wildman–Crippen LogP) is 1.49. The van der Waals surface area contributed by atoms with Gasteiger partial charge in [0.25, 0.3) is 5.91 Å². The molecule has 146 valence electrons. The molecule has 0 saturated carbocycles. The molecule has 0 bridgehead atoms. The summed E-state index contributed by atoms with van der Waals surface area (Å²) >= 11 is 0. The Morgan fingerprint density at radius 3 is 1.64 bits per heavy atom. The second-order valence-electron chi connectivity index (χ2n) is 6.86. The highest BCUT2D eigenvalue weighted by molar-refractivity contribution is 5.95. The molecule has 3 amide bonds. The number of nitrogens with two attached hydrogens (primary N) is 3. The van der Waals surface area contributed by atoms with E-state index in [0.717, 1.165) is 19.3 Å². The van der Waals surface area contributed by atoms with Crippen molar-refractivity contribution in [2.45, 2.75) is 89.6 Å². The molecular formula is C18H35N3O4. The second-order valence-corrected chi connectivity index (χ2v) is 6.86. The molecule has 7 N–H and O–H groups in total. The zero-order chi connectivity index (χ0) is 19.3. The van der Waals surface area contributed by atoms with Gasteiger partial charge in [0.1, 0.15) is 0 Å². The minimum absolute atomic E-state index is 0.207. The van der Waals surface area contributed by atoms with Crippen LogP contribution in [0.1, 0.15) is 84.0 Å². The van der Waals surface area contributed by atoms with Crippen LogP contribution in [0.4, 0.5) is 0 Å². The maximum atomic E-state index is 11.6. The molecule has 0 heterocycles. The van der Waals surface area contributed by atoms with Gasteiger partial charge in [0.05, 0.1) is 12.3 Å². The van der Waals surface area contributed by atoms with Gasteiger partial charge in [-0.05, 0) is 6.42 Å². The lowest BCUT2D eigenvalue weighted by atomic mass is 9.79. The first-order chi connectivity index (χ1) is 11.8. The monoisotopic (exact) mass is 357 g/mol. The molecule has 25 heavy (non-hydrogen) atoms. The molecular weight excluding hydrogens is 322 g/mol. The summed E-state index contributed by atoms with van der Waals surface area (Å²) in [6.07, 6.45) is 10.7. The molecule has 0 saturated heterocycles. The van der Waals surface area contributed by atoms with Crippen LogP contribution in [0.25, 0.3) is 0 Å². The third-order valence-electron chi connectivity index (χ3n) is 4.64. The van der Waals surface area contributed by atoms with Gasteiger partial charge >= 0.3 is 0 Å². The Morgan fingerprint density at radius 1 is 0.840 bits per heavy atom. The van der Waals surface area contributed by atoms with Crippen LogP contribution < -0.4 is 17.2 Å². The lowest BCUT2D eigenvalue weighted by Gasteiger charge is -2.30. The van der Waals surface area contributed by atoms with E-state index >= 15 is 0 Å². The lowest BCUT2D eigenvalue weighted by Crippen LogP contribution is -2.56. The first kappa shape index (κ1) is 23.4. The van der Waals surface area contributed by atoms with Crippen LogP contribution in [-0.4, -0.2) is 28.4 Å².